The lowest BCUT2D eigenvalue weighted by molar-refractivity contribution is -0.156. The van der Waals surface area contributed by atoms with Crippen LogP contribution < -0.4 is 0 Å². The molecule has 2 bridgehead atoms. The number of halogens is 1. The minimum Gasteiger partial charge on any atom is -0.505 e. The van der Waals surface area contributed by atoms with Crippen molar-refractivity contribution in [1.29, 1.82) is 0 Å². The van der Waals surface area contributed by atoms with Crippen molar-refractivity contribution in [2.75, 3.05) is 7.11 Å². The van der Waals surface area contributed by atoms with E-state index in [0.717, 1.165) is 22.2 Å². The number of ether oxygens (including phenoxy) is 1. The number of nitrogens with one attached hydrogen (secondary N) is 1. The SMILES string of the molecule is COC(=O)C1C[C@H]2c3[nH]c4ccccc4c3CC(C1=O)N2Cc1cccc(F)c1O. The largest absolute Gasteiger partial charge is 0.505 e. The van der Waals surface area contributed by atoms with Gasteiger partial charge in [-0.05, 0) is 30.5 Å². The average Bonchev–Trinajstić information content (AvgIpc) is 3.12. The predicted molar refractivity (Wildman–Crippen MR) is 107 cm³/mol. The number of esters is 1. The fourth-order valence-corrected chi connectivity index (χ4v) is 4.97. The Hall–Kier alpha value is -3.19. The van der Waals surface area contributed by atoms with Crippen molar-refractivity contribution in [3.05, 3.63) is 65.1 Å². The molecule has 154 valence electrons. The molecule has 0 radical (unpaired) electrons. The Morgan fingerprint density at radius 2 is 2.03 bits per heavy atom. The molecule has 2 unspecified atom stereocenters. The van der Waals surface area contributed by atoms with Gasteiger partial charge in [-0.2, -0.15) is 0 Å². The number of Topliss-reactive ketones (excluding diaryl/α,β-unsaturated/α-hetero) is 1. The number of benzene rings is 2. The van der Waals surface area contributed by atoms with Gasteiger partial charge < -0.3 is 14.8 Å². The van der Waals surface area contributed by atoms with Crippen LogP contribution in [0.15, 0.2) is 42.5 Å². The van der Waals surface area contributed by atoms with Crippen LogP contribution in [0, 0.1) is 11.7 Å². The number of nitrogens with zero attached hydrogens (tertiary/aromatic N) is 1. The Morgan fingerprint density at radius 3 is 2.83 bits per heavy atom. The van der Waals surface area contributed by atoms with Crippen LogP contribution in [-0.2, 0) is 27.3 Å². The number of aromatic amines is 1. The third kappa shape index (κ3) is 2.73. The number of aromatic hydroxyl groups is 1. The number of carbonyl (C=O) groups excluding carboxylic acids is 2. The van der Waals surface area contributed by atoms with E-state index in [1.807, 2.05) is 29.2 Å². The van der Waals surface area contributed by atoms with E-state index in [2.05, 4.69) is 4.98 Å². The van der Waals surface area contributed by atoms with Crippen LogP contribution in [0.1, 0.15) is 29.3 Å². The van der Waals surface area contributed by atoms with Gasteiger partial charge in [0.25, 0.3) is 0 Å². The third-order valence-corrected chi connectivity index (χ3v) is 6.42. The Kier molecular flexibility index (Phi) is 4.36. The van der Waals surface area contributed by atoms with E-state index < -0.39 is 29.5 Å². The third-order valence-electron chi connectivity index (χ3n) is 6.42. The zero-order valence-corrected chi connectivity index (χ0v) is 16.4. The van der Waals surface area contributed by atoms with Crippen LogP contribution in [0.2, 0.25) is 0 Å². The van der Waals surface area contributed by atoms with Gasteiger partial charge in [-0.3, -0.25) is 14.5 Å². The normalized spacial score (nSPS) is 23.4. The smallest absolute Gasteiger partial charge is 0.316 e. The van der Waals surface area contributed by atoms with Crippen molar-refractivity contribution in [1.82, 2.24) is 9.88 Å². The number of phenols is 1. The highest BCUT2D eigenvalue weighted by molar-refractivity contribution is 6.03. The summed E-state index contributed by atoms with van der Waals surface area (Å²) in [5.41, 5.74) is 3.43. The van der Waals surface area contributed by atoms with E-state index in [4.69, 9.17) is 4.74 Å². The summed E-state index contributed by atoms with van der Waals surface area (Å²) in [6, 6.07) is 11.5. The van der Waals surface area contributed by atoms with Crippen LogP contribution in [0.25, 0.3) is 10.9 Å². The molecule has 1 fully saturated rings. The number of ketones is 1. The number of carbonyl (C=O) groups is 2. The molecule has 0 saturated carbocycles. The van der Waals surface area contributed by atoms with Crippen LogP contribution in [0.3, 0.4) is 0 Å². The number of piperidine rings is 1. The lowest BCUT2D eigenvalue weighted by atomic mass is 9.76. The van der Waals surface area contributed by atoms with Gasteiger partial charge in [0.2, 0.25) is 0 Å². The highest BCUT2D eigenvalue weighted by Crippen LogP contribution is 2.46. The molecular weight excluding hydrogens is 387 g/mol. The Labute approximate surface area is 172 Å². The molecule has 3 heterocycles. The molecular formula is C23H21FN2O4. The molecule has 3 atom stereocenters. The molecule has 0 amide bonds. The fourth-order valence-electron chi connectivity index (χ4n) is 4.97. The maximum absolute atomic E-state index is 13.9. The number of fused-ring (bicyclic) bond motifs is 6. The Balaban J connectivity index is 1.62. The topological polar surface area (TPSA) is 82.6 Å². The first kappa shape index (κ1) is 18.8. The van der Waals surface area contributed by atoms with Crippen molar-refractivity contribution in [2.45, 2.75) is 31.5 Å². The number of phenolic OH excluding ortho intramolecular Hbond substituents is 1. The molecule has 1 aromatic heterocycles. The zero-order valence-electron chi connectivity index (χ0n) is 16.4. The van der Waals surface area contributed by atoms with E-state index in [-0.39, 0.29) is 24.8 Å². The second kappa shape index (κ2) is 6.95. The summed E-state index contributed by atoms with van der Waals surface area (Å²) in [7, 11) is 1.29. The van der Waals surface area contributed by atoms with Gasteiger partial charge in [-0.25, -0.2) is 4.39 Å². The maximum atomic E-state index is 13.9. The second-order valence-corrected chi connectivity index (χ2v) is 7.93. The highest BCUT2D eigenvalue weighted by atomic mass is 19.1. The monoisotopic (exact) mass is 408 g/mol. The first-order chi connectivity index (χ1) is 14.5. The van der Waals surface area contributed by atoms with Crippen molar-refractivity contribution < 1.29 is 23.8 Å². The van der Waals surface area contributed by atoms with Crippen LogP contribution in [-0.4, -0.2) is 39.9 Å². The number of hydrogen-bond donors (Lipinski definition) is 2. The number of para-hydroxylation sites is 2. The molecule has 6 nitrogen and oxygen atoms in total. The summed E-state index contributed by atoms with van der Waals surface area (Å²) in [5.74, 6) is -2.65. The summed E-state index contributed by atoms with van der Waals surface area (Å²) < 4.78 is 18.8. The molecule has 2 N–H and O–H groups in total. The standard InChI is InChI=1S/C23H21FN2O4/c1-30-23(29)15-10-18-20-14(13-6-2-3-8-17(13)25-20)9-19(22(15)28)26(18)11-12-5-4-7-16(24)21(12)27/h2-8,15,18-19,25,27H,9-11H2,1H3/t15?,18-,19?/m0/s1. The van der Waals surface area contributed by atoms with Crippen LogP contribution in [0.4, 0.5) is 4.39 Å². The average molecular weight is 408 g/mol. The number of methoxy groups -OCH3 is 1. The second-order valence-electron chi connectivity index (χ2n) is 7.93. The molecule has 30 heavy (non-hydrogen) atoms. The maximum Gasteiger partial charge on any atom is 0.316 e. The lowest BCUT2D eigenvalue weighted by Crippen LogP contribution is -2.56. The molecule has 0 spiro atoms. The minimum absolute atomic E-state index is 0.190. The van der Waals surface area contributed by atoms with Gasteiger partial charge in [0, 0.05) is 28.7 Å². The van der Waals surface area contributed by atoms with E-state index in [1.54, 1.807) is 6.07 Å². The molecule has 2 aromatic carbocycles. The first-order valence-electron chi connectivity index (χ1n) is 9.92. The summed E-state index contributed by atoms with van der Waals surface area (Å²) in [6.07, 6.45) is 0.718. The first-order valence-corrected chi connectivity index (χ1v) is 9.92. The van der Waals surface area contributed by atoms with Crippen LogP contribution >= 0.6 is 0 Å². The van der Waals surface area contributed by atoms with E-state index >= 15 is 0 Å². The van der Waals surface area contributed by atoms with Gasteiger partial charge in [0.05, 0.1) is 19.2 Å². The van der Waals surface area contributed by atoms with Gasteiger partial charge in [0.1, 0.15) is 5.92 Å². The summed E-state index contributed by atoms with van der Waals surface area (Å²) in [6.45, 7) is 0.202. The summed E-state index contributed by atoms with van der Waals surface area (Å²) >= 11 is 0. The Bertz CT molecular complexity index is 1170. The molecule has 2 aliphatic heterocycles. The molecule has 3 aromatic rings. The molecule has 5 rings (SSSR count). The van der Waals surface area contributed by atoms with E-state index in [9.17, 15) is 19.1 Å². The van der Waals surface area contributed by atoms with Gasteiger partial charge in [0.15, 0.2) is 17.3 Å². The van der Waals surface area contributed by atoms with E-state index in [0.29, 0.717) is 12.0 Å². The molecule has 7 heteroatoms. The van der Waals surface area contributed by atoms with Gasteiger partial charge >= 0.3 is 5.97 Å². The molecule has 1 saturated heterocycles. The minimum atomic E-state index is -0.832. The van der Waals surface area contributed by atoms with Crippen molar-refractivity contribution >= 4 is 22.7 Å². The fraction of sp³-hybridized carbons (Fsp3) is 0.304. The van der Waals surface area contributed by atoms with Crippen molar-refractivity contribution in [3.8, 4) is 5.75 Å². The summed E-state index contributed by atoms with van der Waals surface area (Å²) in [5, 5.41) is 11.2. The summed E-state index contributed by atoms with van der Waals surface area (Å²) in [4.78, 5) is 31.0. The molecule has 2 aliphatic rings. The van der Waals surface area contributed by atoms with Gasteiger partial charge in [-0.1, -0.05) is 30.3 Å². The predicted octanol–water partition coefficient (Wildman–Crippen LogP) is 3.24. The van der Waals surface area contributed by atoms with Gasteiger partial charge in [-0.15, -0.1) is 0 Å². The quantitative estimate of drug-likeness (QED) is 0.514. The Morgan fingerprint density at radius 1 is 1.23 bits per heavy atom. The molecule has 0 aliphatic carbocycles. The lowest BCUT2D eigenvalue weighted by Gasteiger charge is -2.46. The van der Waals surface area contributed by atoms with Crippen molar-refractivity contribution in [2.24, 2.45) is 5.92 Å². The number of H-pyrrole nitrogens is 1. The number of aromatic nitrogens is 1. The number of hydrogen-bond acceptors (Lipinski definition) is 5. The van der Waals surface area contributed by atoms with Crippen LogP contribution in [0.5, 0.6) is 5.75 Å². The number of rotatable bonds is 3. The highest BCUT2D eigenvalue weighted by Gasteiger charge is 2.50. The zero-order chi connectivity index (χ0) is 21.0. The van der Waals surface area contributed by atoms with E-state index in [1.165, 1.54) is 19.2 Å². The van der Waals surface area contributed by atoms with Crippen molar-refractivity contribution in [3.63, 3.8) is 0 Å².